The zero-order valence-electron chi connectivity index (χ0n) is 8.65. The van der Waals surface area contributed by atoms with E-state index in [9.17, 15) is 9.18 Å². The molecule has 0 atom stereocenters. The smallest absolute Gasteiger partial charge is 0.160 e. The molecule has 1 aromatic heterocycles. The molecule has 0 saturated carbocycles. The minimum absolute atomic E-state index is 0.232. The number of ether oxygens (including phenoxy) is 1. The fraction of sp³-hybridized carbons (Fsp3) is 0.0833. The van der Waals surface area contributed by atoms with Gasteiger partial charge in [0, 0.05) is 5.56 Å². The van der Waals surface area contributed by atoms with Crippen LogP contribution in [0.5, 0.6) is 5.75 Å². The molecule has 2 aromatic rings. The summed E-state index contributed by atoms with van der Waals surface area (Å²) in [6.45, 7) is 0.301. The summed E-state index contributed by atoms with van der Waals surface area (Å²) in [5.74, 6) is 0.0213. The van der Waals surface area contributed by atoms with Gasteiger partial charge in [-0.15, -0.1) is 11.3 Å². The van der Waals surface area contributed by atoms with E-state index in [1.54, 1.807) is 6.07 Å². The normalized spacial score (nSPS) is 10.2. The topological polar surface area (TPSA) is 26.3 Å². The zero-order valence-corrected chi connectivity index (χ0v) is 10.2. The molecule has 17 heavy (non-hydrogen) atoms. The maximum atomic E-state index is 12.8. The fourth-order valence-corrected chi connectivity index (χ4v) is 2.21. The van der Waals surface area contributed by atoms with Gasteiger partial charge in [0.25, 0.3) is 0 Å². The van der Waals surface area contributed by atoms with Crippen LogP contribution in [0.4, 0.5) is 4.39 Å². The Labute approximate surface area is 107 Å². The summed E-state index contributed by atoms with van der Waals surface area (Å²) in [5, 5.41) is 2.07. The SMILES string of the molecule is O=Cc1cc(COc2ccc(F)cc2Cl)cs1. The fourth-order valence-electron chi connectivity index (χ4n) is 1.29. The summed E-state index contributed by atoms with van der Waals surface area (Å²) < 4.78 is 18.2. The van der Waals surface area contributed by atoms with Gasteiger partial charge >= 0.3 is 0 Å². The van der Waals surface area contributed by atoms with Crippen LogP contribution in [-0.2, 0) is 6.61 Å². The third-order valence-corrected chi connectivity index (χ3v) is 3.28. The van der Waals surface area contributed by atoms with Crippen LogP contribution in [0.25, 0.3) is 0 Å². The third-order valence-electron chi connectivity index (χ3n) is 2.08. The monoisotopic (exact) mass is 270 g/mol. The van der Waals surface area contributed by atoms with E-state index < -0.39 is 5.82 Å². The van der Waals surface area contributed by atoms with Gasteiger partial charge in [-0.3, -0.25) is 4.79 Å². The molecule has 0 spiro atoms. The summed E-state index contributed by atoms with van der Waals surface area (Å²) in [5.41, 5.74) is 0.887. The van der Waals surface area contributed by atoms with Crippen LogP contribution in [0.15, 0.2) is 29.6 Å². The molecule has 0 bridgehead atoms. The average Bonchev–Trinajstić information content (AvgIpc) is 2.76. The lowest BCUT2D eigenvalue weighted by Gasteiger charge is -2.06. The molecular weight excluding hydrogens is 263 g/mol. The van der Waals surface area contributed by atoms with Crippen LogP contribution >= 0.6 is 22.9 Å². The minimum Gasteiger partial charge on any atom is -0.487 e. The molecule has 88 valence electrons. The van der Waals surface area contributed by atoms with Crippen LogP contribution in [0.2, 0.25) is 5.02 Å². The van der Waals surface area contributed by atoms with Gasteiger partial charge in [-0.2, -0.15) is 0 Å². The number of benzene rings is 1. The van der Waals surface area contributed by atoms with E-state index in [0.717, 1.165) is 11.8 Å². The highest BCUT2D eigenvalue weighted by molar-refractivity contribution is 7.11. The molecule has 5 heteroatoms. The van der Waals surface area contributed by atoms with Crippen molar-refractivity contribution in [1.29, 1.82) is 0 Å². The molecule has 0 saturated heterocycles. The van der Waals surface area contributed by atoms with Gasteiger partial charge in [-0.05, 0) is 29.6 Å². The lowest BCUT2D eigenvalue weighted by atomic mass is 10.3. The summed E-state index contributed by atoms with van der Waals surface area (Å²) in [4.78, 5) is 11.1. The molecule has 0 amide bonds. The van der Waals surface area contributed by atoms with Crippen molar-refractivity contribution in [3.05, 3.63) is 50.9 Å². The summed E-state index contributed by atoms with van der Waals surface area (Å²) >= 11 is 7.16. The Morgan fingerprint density at radius 2 is 2.24 bits per heavy atom. The highest BCUT2D eigenvalue weighted by atomic mass is 35.5. The molecule has 2 rings (SSSR count). The zero-order chi connectivity index (χ0) is 12.3. The Hall–Kier alpha value is -1.39. The summed E-state index contributed by atoms with van der Waals surface area (Å²) in [6.07, 6.45) is 0.791. The predicted octanol–water partition coefficient (Wildman–Crippen LogP) is 3.93. The van der Waals surface area contributed by atoms with E-state index >= 15 is 0 Å². The largest absolute Gasteiger partial charge is 0.487 e. The van der Waals surface area contributed by atoms with Crippen LogP contribution in [-0.4, -0.2) is 6.29 Å². The Morgan fingerprint density at radius 1 is 1.41 bits per heavy atom. The Balaban J connectivity index is 2.04. The van der Waals surface area contributed by atoms with Gasteiger partial charge in [0.2, 0.25) is 0 Å². The highest BCUT2D eigenvalue weighted by Gasteiger charge is 2.04. The van der Waals surface area contributed by atoms with Gasteiger partial charge in [0.1, 0.15) is 18.2 Å². The molecule has 0 aliphatic rings. The number of hydrogen-bond acceptors (Lipinski definition) is 3. The first kappa shape index (κ1) is 12.1. The molecule has 2 nitrogen and oxygen atoms in total. The first-order valence-electron chi connectivity index (χ1n) is 4.79. The predicted molar refractivity (Wildman–Crippen MR) is 65.4 cm³/mol. The van der Waals surface area contributed by atoms with Crippen molar-refractivity contribution in [1.82, 2.24) is 0 Å². The van der Waals surface area contributed by atoms with Crippen molar-refractivity contribution in [3.8, 4) is 5.75 Å². The molecule has 0 unspecified atom stereocenters. The molecule has 0 aliphatic heterocycles. The number of aldehydes is 1. The first-order valence-corrected chi connectivity index (χ1v) is 6.05. The maximum absolute atomic E-state index is 12.8. The number of rotatable bonds is 4. The van der Waals surface area contributed by atoms with Crippen molar-refractivity contribution in [2.75, 3.05) is 0 Å². The van der Waals surface area contributed by atoms with Crippen molar-refractivity contribution in [3.63, 3.8) is 0 Å². The van der Waals surface area contributed by atoms with Crippen molar-refractivity contribution in [2.24, 2.45) is 0 Å². The second-order valence-corrected chi connectivity index (χ2v) is 4.69. The number of carbonyl (C=O) groups is 1. The van der Waals surface area contributed by atoms with E-state index in [-0.39, 0.29) is 5.02 Å². The van der Waals surface area contributed by atoms with Crippen LogP contribution < -0.4 is 4.74 Å². The average molecular weight is 271 g/mol. The number of thiophene rings is 1. The van der Waals surface area contributed by atoms with Crippen molar-refractivity contribution >= 4 is 29.2 Å². The van der Waals surface area contributed by atoms with Crippen LogP contribution in [0.3, 0.4) is 0 Å². The van der Waals surface area contributed by atoms with Crippen molar-refractivity contribution < 1.29 is 13.9 Å². The standard InChI is InChI=1S/C12H8ClFO2S/c13-11-4-9(14)1-2-12(11)16-6-8-3-10(5-15)17-7-8/h1-5,7H,6H2. The number of halogens is 2. The van der Waals surface area contributed by atoms with Gasteiger partial charge in [0.15, 0.2) is 6.29 Å². The molecule has 0 aliphatic carbocycles. The second kappa shape index (κ2) is 5.29. The number of carbonyl (C=O) groups excluding carboxylic acids is 1. The third kappa shape index (κ3) is 3.05. The molecule has 1 aromatic carbocycles. The van der Waals surface area contributed by atoms with Gasteiger partial charge in [-0.1, -0.05) is 11.6 Å². The van der Waals surface area contributed by atoms with E-state index in [0.29, 0.717) is 17.2 Å². The molecule has 1 heterocycles. The molecule has 0 N–H and O–H groups in total. The van der Waals surface area contributed by atoms with E-state index in [1.807, 2.05) is 5.38 Å². The van der Waals surface area contributed by atoms with E-state index in [2.05, 4.69) is 0 Å². The summed E-state index contributed by atoms with van der Waals surface area (Å²) in [6, 6.07) is 5.70. The highest BCUT2D eigenvalue weighted by Crippen LogP contribution is 2.26. The molecular formula is C12H8ClFO2S. The second-order valence-electron chi connectivity index (χ2n) is 3.34. The summed E-state index contributed by atoms with van der Waals surface area (Å²) in [7, 11) is 0. The first-order chi connectivity index (χ1) is 8.19. The number of hydrogen-bond donors (Lipinski definition) is 0. The van der Waals surface area contributed by atoms with Gasteiger partial charge in [0.05, 0.1) is 9.90 Å². The van der Waals surface area contributed by atoms with Crippen molar-refractivity contribution in [2.45, 2.75) is 6.61 Å². The van der Waals surface area contributed by atoms with Crippen LogP contribution in [0.1, 0.15) is 15.2 Å². The van der Waals surface area contributed by atoms with E-state index in [4.69, 9.17) is 16.3 Å². The maximum Gasteiger partial charge on any atom is 0.160 e. The lowest BCUT2D eigenvalue weighted by Crippen LogP contribution is -1.94. The minimum atomic E-state index is -0.402. The Kier molecular flexibility index (Phi) is 3.76. The van der Waals surface area contributed by atoms with E-state index in [1.165, 1.54) is 29.5 Å². The lowest BCUT2D eigenvalue weighted by molar-refractivity contribution is 0.112. The van der Waals surface area contributed by atoms with Crippen LogP contribution in [0, 0.1) is 5.82 Å². The Morgan fingerprint density at radius 3 is 2.88 bits per heavy atom. The molecule has 0 fully saturated rings. The van der Waals surface area contributed by atoms with Gasteiger partial charge < -0.3 is 4.74 Å². The quantitative estimate of drug-likeness (QED) is 0.787. The van der Waals surface area contributed by atoms with Gasteiger partial charge in [-0.25, -0.2) is 4.39 Å². The Bertz CT molecular complexity index is 539. The molecule has 0 radical (unpaired) electrons.